The predicted molar refractivity (Wildman–Crippen MR) is 100 cm³/mol. The van der Waals surface area contributed by atoms with Gasteiger partial charge in [-0.05, 0) is 36.5 Å². The predicted octanol–water partition coefficient (Wildman–Crippen LogP) is 3.31. The van der Waals surface area contributed by atoms with Crippen molar-refractivity contribution in [3.63, 3.8) is 0 Å². The van der Waals surface area contributed by atoms with Gasteiger partial charge in [0.1, 0.15) is 5.69 Å². The summed E-state index contributed by atoms with van der Waals surface area (Å²) < 4.78 is 1.99. The Balaban J connectivity index is 0.00000208. The molecule has 1 aromatic heterocycles. The van der Waals surface area contributed by atoms with E-state index in [4.69, 9.17) is 5.73 Å². The summed E-state index contributed by atoms with van der Waals surface area (Å²) in [6.45, 7) is 3.57. The first kappa shape index (κ1) is 18.6. The van der Waals surface area contributed by atoms with E-state index in [9.17, 15) is 4.79 Å². The van der Waals surface area contributed by atoms with Crippen LogP contribution in [0.2, 0.25) is 0 Å². The highest BCUT2D eigenvalue weighted by Crippen LogP contribution is 2.26. The third kappa shape index (κ3) is 3.50. The molecule has 0 saturated carbocycles. The van der Waals surface area contributed by atoms with Crippen molar-refractivity contribution in [1.29, 1.82) is 0 Å². The number of halogens is 1. The monoisotopic (exact) mass is 347 g/mol. The van der Waals surface area contributed by atoms with Crippen molar-refractivity contribution >= 4 is 18.3 Å². The summed E-state index contributed by atoms with van der Waals surface area (Å²) in [5.41, 5.74) is 8.82. The van der Waals surface area contributed by atoms with Crippen LogP contribution in [-0.4, -0.2) is 34.5 Å². The van der Waals surface area contributed by atoms with Crippen LogP contribution in [0.15, 0.2) is 42.5 Å². The zero-order valence-corrected chi connectivity index (χ0v) is 15.1. The van der Waals surface area contributed by atoms with E-state index in [1.807, 2.05) is 46.8 Å². The Kier molecular flexibility index (Phi) is 6.08. The Hall–Kier alpha value is -1.78. The Morgan fingerprint density at radius 1 is 1.21 bits per heavy atom. The van der Waals surface area contributed by atoms with Gasteiger partial charge in [0.15, 0.2) is 0 Å². The van der Waals surface area contributed by atoms with Gasteiger partial charge < -0.3 is 15.2 Å². The standard InChI is InChI=1S/C19H25N3O.ClH/c1-14-10-11-22(16(12-14)13-20)19(23)18-9-8-17(21(18)2)15-6-4-3-5-7-15;/h3-9,14,16H,10-13,20H2,1-2H3;1H. The maximum Gasteiger partial charge on any atom is 0.270 e. The molecule has 0 spiro atoms. The van der Waals surface area contributed by atoms with E-state index >= 15 is 0 Å². The summed E-state index contributed by atoms with van der Waals surface area (Å²) in [4.78, 5) is 15.0. The summed E-state index contributed by atoms with van der Waals surface area (Å²) in [5.74, 6) is 0.734. The van der Waals surface area contributed by atoms with E-state index in [-0.39, 0.29) is 24.4 Å². The van der Waals surface area contributed by atoms with Gasteiger partial charge in [0.05, 0.1) is 0 Å². The molecule has 1 fully saturated rings. The molecule has 5 heteroatoms. The lowest BCUT2D eigenvalue weighted by Gasteiger charge is -2.38. The van der Waals surface area contributed by atoms with Crippen LogP contribution in [0.25, 0.3) is 11.3 Å². The molecular weight excluding hydrogens is 322 g/mol. The fourth-order valence-electron chi connectivity index (χ4n) is 3.51. The van der Waals surface area contributed by atoms with E-state index < -0.39 is 0 Å². The van der Waals surface area contributed by atoms with Crippen molar-refractivity contribution in [3.05, 3.63) is 48.2 Å². The second-order valence-corrected chi connectivity index (χ2v) is 6.55. The first-order valence-electron chi connectivity index (χ1n) is 8.34. The molecule has 1 aromatic carbocycles. The van der Waals surface area contributed by atoms with Gasteiger partial charge in [-0.2, -0.15) is 0 Å². The SMILES string of the molecule is CC1CCN(C(=O)c2ccc(-c3ccccc3)n2C)C(CN)C1.Cl. The molecule has 2 N–H and O–H groups in total. The van der Waals surface area contributed by atoms with E-state index in [2.05, 4.69) is 19.1 Å². The number of benzene rings is 1. The molecule has 0 radical (unpaired) electrons. The summed E-state index contributed by atoms with van der Waals surface area (Å²) >= 11 is 0. The van der Waals surface area contributed by atoms with Gasteiger partial charge in [-0.15, -0.1) is 12.4 Å². The van der Waals surface area contributed by atoms with Crippen molar-refractivity contribution in [2.75, 3.05) is 13.1 Å². The minimum absolute atomic E-state index is 0. The Bertz CT molecular complexity index is 683. The van der Waals surface area contributed by atoms with Gasteiger partial charge in [-0.1, -0.05) is 37.3 Å². The number of rotatable bonds is 3. The van der Waals surface area contributed by atoms with E-state index in [1.54, 1.807) is 0 Å². The van der Waals surface area contributed by atoms with Crippen molar-refractivity contribution in [3.8, 4) is 11.3 Å². The molecule has 4 nitrogen and oxygen atoms in total. The van der Waals surface area contributed by atoms with E-state index in [0.29, 0.717) is 12.5 Å². The number of carbonyl (C=O) groups excluding carboxylic acids is 1. The molecule has 0 bridgehead atoms. The fraction of sp³-hybridized carbons (Fsp3) is 0.421. The molecule has 2 atom stereocenters. The molecule has 1 aliphatic rings. The molecule has 1 aliphatic heterocycles. The topological polar surface area (TPSA) is 51.3 Å². The maximum atomic E-state index is 13.0. The lowest BCUT2D eigenvalue weighted by atomic mass is 9.92. The molecule has 2 unspecified atom stereocenters. The van der Waals surface area contributed by atoms with Gasteiger partial charge >= 0.3 is 0 Å². The quantitative estimate of drug-likeness (QED) is 0.926. The molecule has 2 aromatic rings. The molecule has 1 amide bonds. The van der Waals surface area contributed by atoms with Gasteiger partial charge in [-0.25, -0.2) is 0 Å². The number of aromatic nitrogens is 1. The normalized spacial score (nSPS) is 20.5. The van der Waals surface area contributed by atoms with Crippen LogP contribution in [0.3, 0.4) is 0 Å². The van der Waals surface area contributed by atoms with Crippen LogP contribution < -0.4 is 5.73 Å². The summed E-state index contributed by atoms with van der Waals surface area (Å²) in [5, 5.41) is 0. The molecular formula is C19H26ClN3O. The van der Waals surface area contributed by atoms with Crippen LogP contribution in [0.1, 0.15) is 30.3 Å². The largest absolute Gasteiger partial charge is 0.340 e. The van der Waals surface area contributed by atoms with Crippen molar-refractivity contribution in [2.24, 2.45) is 18.7 Å². The van der Waals surface area contributed by atoms with Crippen molar-refractivity contribution in [1.82, 2.24) is 9.47 Å². The molecule has 3 rings (SSSR count). The summed E-state index contributed by atoms with van der Waals surface area (Å²) in [6, 6.07) is 14.3. The van der Waals surface area contributed by atoms with Crippen LogP contribution >= 0.6 is 12.4 Å². The Morgan fingerprint density at radius 3 is 2.58 bits per heavy atom. The average molecular weight is 348 g/mol. The lowest BCUT2D eigenvalue weighted by molar-refractivity contribution is 0.0564. The summed E-state index contributed by atoms with van der Waals surface area (Å²) in [6.07, 6.45) is 2.05. The molecule has 24 heavy (non-hydrogen) atoms. The van der Waals surface area contributed by atoms with Crippen molar-refractivity contribution < 1.29 is 4.79 Å². The number of hydrogen-bond acceptors (Lipinski definition) is 2. The molecule has 1 saturated heterocycles. The number of piperidine rings is 1. The first-order valence-corrected chi connectivity index (χ1v) is 8.34. The Labute approximate surface area is 150 Å². The van der Waals surface area contributed by atoms with Crippen LogP contribution in [0.4, 0.5) is 0 Å². The van der Waals surface area contributed by atoms with Crippen LogP contribution in [0.5, 0.6) is 0 Å². The number of likely N-dealkylation sites (tertiary alicyclic amines) is 1. The van der Waals surface area contributed by atoms with E-state index in [1.165, 1.54) is 0 Å². The number of carbonyl (C=O) groups is 1. The highest BCUT2D eigenvalue weighted by Gasteiger charge is 2.30. The van der Waals surface area contributed by atoms with E-state index in [0.717, 1.165) is 36.3 Å². The summed E-state index contributed by atoms with van der Waals surface area (Å²) in [7, 11) is 1.96. The third-order valence-electron chi connectivity index (χ3n) is 4.92. The molecule has 2 heterocycles. The fourth-order valence-corrected chi connectivity index (χ4v) is 3.51. The third-order valence-corrected chi connectivity index (χ3v) is 4.92. The lowest BCUT2D eigenvalue weighted by Crippen LogP contribution is -2.49. The maximum absolute atomic E-state index is 13.0. The highest BCUT2D eigenvalue weighted by atomic mass is 35.5. The van der Waals surface area contributed by atoms with Crippen LogP contribution in [-0.2, 0) is 7.05 Å². The second-order valence-electron chi connectivity index (χ2n) is 6.55. The zero-order valence-electron chi connectivity index (χ0n) is 14.3. The molecule has 0 aliphatic carbocycles. The van der Waals surface area contributed by atoms with Gasteiger partial charge in [0.2, 0.25) is 0 Å². The van der Waals surface area contributed by atoms with Gasteiger partial charge in [-0.3, -0.25) is 4.79 Å². The van der Waals surface area contributed by atoms with Crippen molar-refractivity contribution in [2.45, 2.75) is 25.8 Å². The zero-order chi connectivity index (χ0) is 16.4. The van der Waals surface area contributed by atoms with Crippen LogP contribution in [0, 0.1) is 5.92 Å². The number of nitrogens with zero attached hydrogens (tertiary/aromatic N) is 2. The second kappa shape index (κ2) is 7.86. The smallest absolute Gasteiger partial charge is 0.270 e. The molecule has 130 valence electrons. The minimum Gasteiger partial charge on any atom is -0.340 e. The number of amides is 1. The minimum atomic E-state index is 0. The number of hydrogen-bond donors (Lipinski definition) is 1. The number of nitrogens with two attached hydrogens (primary N) is 1. The highest BCUT2D eigenvalue weighted by molar-refractivity contribution is 5.94. The van der Waals surface area contributed by atoms with Gasteiger partial charge in [0, 0.05) is 31.9 Å². The first-order chi connectivity index (χ1) is 11.1. The average Bonchev–Trinajstić information content (AvgIpc) is 2.96. The van der Waals surface area contributed by atoms with Gasteiger partial charge in [0.25, 0.3) is 5.91 Å². The Morgan fingerprint density at radius 2 is 1.92 bits per heavy atom.